The number of carbonyl (C=O) groups excluding carboxylic acids is 2. The summed E-state index contributed by atoms with van der Waals surface area (Å²) < 4.78 is 16.1. The van der Waals surface area contributed by atoms with Gasteiger partial charge in [0.15, 0.2) is 0 Å². The van der Waals surface area contributed by atoms with E-state index in [9.17, 15) is 9.59 Å². The van der Waals surface area contributed by atoms with Gasteiger partial charge in [0.25, 0.3) is 0 Å². The SMILES string of the molecule is C=CC[C@@H](CC(=O)OC)[C@@H]1COC(C)(C)N1C(=O)OC(C)(C)C. The molecular formula is C17H29NO5. The quantitative estimate of drug-likeness (QED) is 0.573. The van der Waals surface area contributed by atoms with Crippen molar-refractivity contribution in [3.63, 3.8) is 0 Å². The number of esters is 1. The first kappa shape index (κ1) is 19.5. The molecule has 0 N–H and O–H groups in total. The molecule has 0 aromatic heterocycles. The highest BCUT2D eigenvalue weighted by molar-refractivity contribution is 5.71. The highest BCUT2D eigenvalue weighted by Gasteiger charge is 2.48. The van der Waals surface area contributed by atoms with E-state index < -0.39 is 17.4 Å². The molecule has 6 nitrogen and oxygen atoms in total. The van der Waals surface area contributed by atoms with Crippen molar-refractivity contribution in [1.82, 2.24) is 4.90 Å². The van der Waals surface area contributed by atoms with Gasteiger partial charge in [0.05, 0.1) is 26.2 Å². The number of ether oxygens (including phenoxy) is 3. The summed E-state index contributed by atoms with van der Waals surface area (Å²) in [5.41, 5.74) is -1.39. The minimum atomic E-state index is -0.789. The maximum atomic E-state index is 12.6. The summed E-state index contributed by atoms with van der Waals surface area (Å²) in [7, 11) is 1.36. The first-order valence-electron chi connectivity index (χ1n) is 7.86. The van der Waals surface area contributed by atoms with Crippen LogP contribution >= 0.6 is 0 Å². The Hall–Kier alpha value is -1.56. The van der Waals surface area contributed by atoms with Crippen LogP contribution in [0.2, 0.25) is 0 Å². The fraction of sp³-hybridized carbons (Fsp3) is 0.765. The number of carbonyl (C=O) groups is 2. The molecule has 1 saturated heterocycles. The average Bonchev–Trinajstić information content (AvgIpc) is 2.71. The molecule has 0 radical (unpaired) electrons. The smallest absolute Gasteiger partial charge is 0.412 e. The number of amides is 1. The Morgan fingerprint density at radius 2 is 2.04 bits per heavy atom. The number of allylic oxidation sites excluding steroid dienone is 1. The third-order valence-electron chi connectivity index (χ3n) is 3.78. The molecule has 0 aromatic rings. The van der Waals surface area contributed by atoms with Gasteiger partial charge in [-0.05, 0) is 47.0 Å². The minimum Gasteiger partial charge on any atom is -0.469 e. The molecule has 132 valence electrons. The van der Waals surface area contributed by atoms with Crippen LogP contribution in [0.25, 0.3) is 0 Å². The third-order valence-corrected chi connectivity index (χ3v) is 3.78. The molecule has 1 heterocycles. The second-order valence-electron chi connectivity index (χ2n) is 7.24. The predicted octanol–water partition coefficient (Wildman–Crippen LogP) is 3.11. The van der Waals surface area contributed by atoms with Gasteiger partial charge in [-0.1, -0.05) is 6.08 Å². The third kappa shape index (κ3) is 5.23. The van der Waals surface area contributed by atoms with Crippen LogP contribution in [0.15, 0.2) is 12.7 Å². The second-order valence-corrected chi connectivity index (χ2v) is 7.24. The molecule has 6 heteroatoms. The molecule has 0 aromatic carbocycles. The summed E-state index contributed by atoms with van der Waals surface area (Å²) in [5, 5.41) is 0. The van der Waals surface area contributed by atoms with E-state index in [4.69, 9.17) is 14.2 Å². The first-order valence-corrected chi connectivity index (χ1v) is 7.86. The van der Waals surface area contributed by atoms with Gasteiger partial charge in [-0.25, -0.2) is 4.79 Å². The van der Waals surface area contributed by atoms with Crippen LogP contribution in [-0.2, 0) is 19.0 Å². The summed E-state index contributed by atoms with van der Waals surface area (Å²) in [6, 6.07) is -0.267. The Morgan fingerprint density at radius 3 is 2.52 bits per heavy atom. The van der Waals surface area contributed by atoms with E-state index in [0.29, 0.717) is 13.0 Å². The zero-order valence-electron chi connectivity index (χ0n) is 15.0. The van der Waals surface area contributed by atoms with Gasteiger partial charge in [0, 0.05) is 0 Å². The fourth-order valence-corrected chi connectivity index (χ4v) is 2.73. The largest absolute Gasteiger partial charge is 0.469 e. The van der Waals surface area contributed by atoms with Gasteiger partial charge in [-0.2, -0.15) is 0 Å². The van der Waals surface area contributed by atoms with Crippen molar-refractivity contribution in [1.29, 1.82) is 0 Å². The van der Waals surface area contributed by atoms with Crippen molar-refractivity contribution in [2.75, 3.05) is 13.7 Å². The summed E-state index contributed by atoms with van der Waals surface area (Å²) in [5.74, 6) is -0.445. The lowest BCUT2D eigenvalue weighted by atomic mass is 9.92. The van der Waals surface area contributed by atoms with Crippen molar-refractivity contribution in [2.24, 2.45) is 5.92 Å². The first-order chi connectivity index (χ1) is 10.5. The highest BCUT2D eigenvalue weighted by Crippen LogP contribution is 2.35. The Kier molecular flexibility index (Phi) is 6.22. The van der Waals surface area contributed by atoms with Gasteiger partial charge in [-0.3, -0.25) is 9.69 Å². The van der Waals surface area contributed by atoms with E-state index in [2.05, 4.69) is 6.58 Å². The molecule has 0 unspecified atom stereocenters. The van der Waals surface area contributed by atoms with Crippen LogP contribution in [0.5, 0.6) is 0 Å². The number of methoxy groups -OCH3 is 1. The molecule has 0 saturated carbocycles. The topological polar surface area (TPSA) is 65.1 Å². The molecule has 0 aliphatic carbocycles. The molecule has 0 spiro atoms. The van der Waals surface area contributed by atoms with Crippen molar-refractivity contribution < 1.29 is 23.8 Å². The summed E-state index contributed by atoms with van der Waals surface area (Å²) >= 11 is 0. The molecule has 1 rings (SSSR count). The highest BCUT2D eigenvalue weighted by atomic mass is 16.6. The van der Waals surface area contributed by atoms with Crippen molar-refractivity contribution in [3.05, 3.63) is 12.7 Å². The maximum Gasteiger partial charge on any atom is 0.412 e. The summed E-state index contributed by atoms with van der Waals surface area (Å²) in [6.07, 6.45) is 2.08. The van der Waals surface area contributed by atoms with E-state index in [1.165, 1.54) is 7.11 Å². The standard InChI is InChI=1S/C17H29NO5/c1-8-9-12(10-14(19)21-7)13-11-22-17(5,6)18(13)15(20)23-16(2,3)4/h8,12-13H,1,9-11H2,2-7H3/t12-,13-/m0/s1. The Labute approximate surface area is 138 Å². The van der Waals surface area contributed by atoms with Crippen molar-refractivity contribution in [2.45, 2.75) is 64.8 Å². The normalized spacial score (nSPS) is 21.7. The van der Waals surface area contributed by atoms with Crippen LogP contribution in [0.3, 0.4) is 0 Å². The fourth-order valence-electron chi connectivity index (χ4n) is 2.73. The van der Waals surface area contributed by atoms with Crippen LogP contribution in [0.4, 0.5) is 4.79 Å². The number of nitrogens with zero attached hydrogens (tertiary/aromatic N) is 1. The Morgan fingerprint density at radius 1 is 1.43 bits per heavy atom. The second kappa shape index (κ2) is 7.34. The zero-order valence-corrected chi connectivity index (χ0v) is 15.0. The van der Waals surface area contributed by atoms with E-state index in [1.54, 1.807) is 11.0 Å². The lowest BCUT2D eigenvalue weighted by molar-refractivity contribution is -0.142. The number of hydrogen-bond acceptors (Lipinski definition) is 5. The number of rotatable bonds is 5. The van der Waals surface area contributed by atoms with Crippen LogP contribution in [0, 0.1) is 5.92 Å². The van der Waals surface area contributed by atoms with E-state index >= 15 is 0 Å². The molecule has 1 aliphatic heterocycles. The van der Waals surface area contributed by atoms with Gasteiger partial charge in [0.2, 0.25) is 0 Å². The summed E-state index contributed by atoms with van der Waals surface area (Å²) in [6.45, 7) is 13.2. The van der Waals surface area contributed by atoms with Gasteiger partial charge in [-0.15, -0.1) is 6.58 Å². The monoisotopic (exact) mass is 327 g/mol. The minimum absolute atomic E-state index is 0.130. The molecule has 23 heavy (non-hydrogen) atoms. The molecular weight excluding hydrogens is 298 g/mol. The predicted molar refractivity (Wildman–Crippen MR) is 86.8 cm³/mol. The maximum absolute atomic E-state index is 12.6. The zero-order chi connectivity index (χ0) is 17.8. The molecule has 1 fully saturated rings. The van der Waals surface area contributed by atoms with Crippen LogP contribution < -0.4 is 0 Å². The van der Waals surface area contributed by atoms with E-state index in [1.807, 2.05) is 34.6 Å². The Bertz CT molecular complexity index is 452. The van der Waals surface area contributed by atoms with E-state index in [0.717, 1.165) is 0 Å². The van der Waals surface area contributed by atoms with Crippen molar-refractivity contribution >= 4 is 12.1 Å². The average molecular weight is 327 g/mol. The molecule has 0 bridgehead atoms. The van der Waals surface area contributed by atoms with Crippen LogP contribution in [0.1, 0.15) is 47.5 Å². The lowest BCUT2D eigenvalue weighted by Crippen LogP contribution is -2.52. The van der Waals surface area contributed by atoms with Gasteiger partial charge < -0.3 is 14.2 Å². The molecule has 1 aliphatic rings. The molecule has 2 atom stereocenters. The van der Waals surface area contributed by atoms with Gasteiger partial charge >= 0.3 is 12.1 Å². The van der Waals surface area contributed by atoms with Crippen molar-refractivity contribution in [3.8, 4) is 0 Å². The number of hydrogen-bond donors (Lipinski definition) is 0. The van der Waals surface area contributed by atoms with E-state index in [-0.39, 0.29) is 24.3 Å². The summed E-state index contributed by atoms with van der Waals surface area (Å²) in [4.78, 5) is 25.9. The van der Waals surface area contributed by atoms with Gasteiger partial charge in [0.1, 0.15) is 11.3 Å². The Balaban J connectivity index is 3.02. The lowest BCUT2D eigenvalue weighted by Gasteiger charge is -2.37. The van der Waals surface area contributed by atoms with Crippen LogP contribution in [-0.4, -0.2) is 48.0 Å². The molecule has 1 amide bonds.